The van der Waals surface area contributed by atoms with E-state index in [9.17, 15) is 29.1 Å². The van der Waals surface area contributed by atoms with Gasteiger partial charge in [0.15, 0.2) is 0 Å². The molecule has 0 saturated heterocycles. The number of amides is 6. The summed E-state index contributed by atoms with van der Waals surface area (Å²) in [6.07, 6.45) is 7.26. The van der Waals surface area contributed by atoms with Gasteiger partial charge in [0.1, 0.15) is 12.8 Å². The summed E-state index contributed by atoms with van der Waals surface area (Å²) in [6.45, 7) is -0.0103. The Morgan fingerprint density at radius 2 is 1.43 bits per heavy atom. The molecule has 5 aromatic rings. The van der Waals surface area contributed by atoms with Crippen molar-refractivity contribution in [3.05, 3.63) is 102 Å². The highest BCUT2D eigenvalue weighted by atomic mass is 32.1. The van der Waals surface area contributed by atoms with Gasteiger partial charge in [0.25, 0.3) is 0 Å². The van der Waals surface area contributed by atoms with Gasteiger partial charge in [0.2, 0.25) is 23.6 Å². The molecule has 10 N–H and O–H groups in total. The van der Waals surface area contributed by atoms with Crippen molar-refractivity contribution in [2.24, 2.45) is 11.5 Å². The van der Waals surface area contributed by atoms with Gasteiger partial charge in [0, 0.05) is 85.1 Å². The fourth-order valence-electron chi connectivity index (χ4n) is 6.90. The largest absolute Gasteiger partial charge is 0.376 e. The number of aliphatic hydroxyl groups is 1. The summed E-state index contributed by atoms with van der Waals surface area (Å²) in [5.74, 6) is -1.36. The number of hydrogen-bond donors (Lipinski definition) is 9. The van der Waals surface area contributed by atoms with Crippen molar-refractivity contribution in [1.29, 1.82) is 0 Å². The van der Waals surface area contributed by atoms with E-state index in [4.69, 9.17) is 11.5 Å². The highest BCUT2D eigenvalue weighted by molar-refractivity contribution is 7.80. The van der Waals surface area contributed by atoms with Gasteiger partial charge < -0.3 is 52.3 Å². The maximum atomic E-state index is 14.2. The summed E-state index contributed by atoms with van der Waals surface area (Å²) in [5, 5.41) is 21.4. The van der Waals surface area contributed by atoms with Gasteiger partial charge in [-0.05, 0) is 60.6 Å². The van der Waals surface area contributed by atoms with Gasteiger partial charge in [-0.1, -0.05) is 42.5 Å². The SMILES string of the molecule is NC(=O)NCCCC(N)C(=O)N(CC(=O)N(CCc1c[nH]c2ccccc12)CC(=O)NCC(O)N(CCc1c[nH]c2ccccc12)CC(=O)NCCS)Cc1cccnc1. The molecular formula is C42H55N11O6S. The van der Waals surface area contributed by atoms with Crippen LogP contribution in [0.2, 0.25) is 0 Å². The number of hydrogen-bond acceptors (Lipinski definition) is 10. The van der Waals surface area contributed by atoms with Crippen molar-refractivity contribution in [2.75, 3.05) is 58.1 Å². The minimum atomic E-state index is -1.23. The fourth-order valence-corrected chi connectivity index (χ4v) is 7.01. The Morgan fingerprint density at radius 1 is 0.783 bits per heavy atom. The second-order valence-corrected chi connectivity index (χ2v) is 14.9. The molecule has 0 aliphatic rings. The summed E-state index contributed by atoms with van der Waals surface area (Å²) in [4.78, 5) is 80.5. The number of pyridine rings is 1. The van der Waals surface area contributed by atoms with Crippen LogP contribution < -0.4 is 27.4 Å². The quantitative estimate of drug-likeness (QED) is 0.0246. The number of urea groups is 1. The Morgan fingerprint density at radius 3 is 2.07 bits per heavy atom. The summed E-state index contributed by atoms with van der Waals surface area (Å²) < 4.78 is 0. The second-order valence-electron chi connectivity index (χ2n) is 14.5. The molecule has 3 aromatic heterocycles. The number of carbonyl (C=O) groups is 5. The number of carbonyl (C=O) groups excluding carboxylic acids is 5. The third-order valence-electron chi connectivity index (χ3n) is 10.1. The van der Waals surface area contributed by atoms with Crippen LogP contribution in [0.1, 0.15) is 29.5 Å². The average molecular weight is 842 g/mol. The Labute approximate surface area is 354 Å². The highest BCUT2D eigenvalue weighted by Crippen LogP contribution is 2.20. The lowest BCUT2D eigenvalue weighted by atomic mass is 10.1. The Balaban J connectivity index is 1.29. The van der Waals surface area contributed by atoms with Crippen molar-refractivity contribution in [2.45, 2.75) is 44.5 Å². The van der Waals surface area contributed by atoms with E-state index in [-0.39, 0.29) is 58.1 Å². The zero-order valence-corrected chi connectivity index (χ0v) is 34.4. The van der Waals surface area contributed by atoms with Crippen LogP contribution in [0.5, 0.6) is 0 Å². The van der Waals surface area contributed by atoms with E-state index in [1.807, 2.05) is 60.9 Å². The number of aliphatic hydroxyl groups excluding tert-OH is 1. The van der Waals surface area contributed by atoms with Crippen LogP contribution in [-0.4, -0.2) is 135 Å². The molecule has 0 fully saturated rings. The molecule has 0 bridgehead atoms. The van der Waals surface area contributed by atoms with Crippen LogP contribution in [0.3, 0.4) is 0 Å². The molecule has 3 heterocycles. The van der Waals surface area contributed by atoms with E-state index in [2.05, 4.69) is 43.5 Å². The van der Waals surface area contributed by atoms with Gasteiger partial charge in [-0.2, -0.15) is 12.6 Å². The summed E-state index contributed by atoms with van der Waals surface area (Å²) in [5.41, 5.74) is 16.0. The minimum absolute atomic E-state index is 0.0380. The first-order valence-electron chi connectivity index (χ1n) is 19.9. The average Bonchev–Trinajstić information content (AvgIpc) is 3.87. The Bertz CT molecular complexity index is 2180. The molecule has 17 nitrogen and oxygen atoms in total. The van der Waals surface area contributed by atoms with Crippen LogP contribution in [0.4, 0.5) is 4.79 Å². The number of rotatable bonds is 24. The number of benzene rings is 2. The predicted octanol–water partition coefficient (Wildman–Crippen LogP) is 1.25. The predicted molar refractivity (Wildman–Crippen MR) is 232 cm³/mol. The minimum Gasteiger partial charge on any atom is -0.376 e. The number of aromatic amines is 2. The van der Waals surface area contributed by atoms with Gasteiger partial charge in [0.05, 0.1) is 25.7 Å². The lowest BCUT2D eigenvalue weighted by molar-refractivity contribution is -0.143. The molecule has 2 aromatic carbocycles. The first-order valence-corrected chi connectivity index (χ1v) is 20.6. The van der Waals surface area contributed by atoms with Crippen LogP contribution in [-0.2, 0) is 38.6 Å². The lowest BCUT2D eigenvalue weighted by Gasteiger charge is -2.30. The van der Waals surface area contributed by atoms with Gasteiger partial charge >= 0.3 is 6.03 Å². The van der Waals surface area contributed by atoms with E-state index in [0.29, 0.717) is 43.7 Å². The van der Waals surface area contributed by atoms with Crippen LogP contribution in [0, 0.1) is 0 Å². The number of thiol groups is 1. The maximum Gasteiger partial charge on any atom is 0.312 e. The zero-order chi connectivity index (χ0) is 42.9. The van der Waals surface area contributed by atoms with E-state index in [1.165, 1.54) is 9.80 Å². The number of nitrogens with one attached hydrogen (secondary N) is 5. The van der Waals surface area contributed by atoms with Crippen molar-refractivity contribution in [1.82, 2.24) is 45.6 Å². The van der Waals surface area contributed by atoms with E-state index in [0.717, 1.165) is 32.9 Å². The van der Waals surface area contributed by atoms with Crippen molar-refractivity contribution >= 4 is 64.1 Å². The molecule has 320 valence electrons. The number of H-pyrrole nitrogens is 2. The van der Waals surface area contributed by atoms with Crippen molar-refractivity contribution in [3.8, 4) is 0 Å². The van der Waals surface area contributed by atoms with Gasteiger partial charge in [-0.3, -0.25) is 29.1 Å². The normalized spacial score (nSPS) is 12.3. The first-order chi connectivity index (χ1) is 29.0. The third-order valence-corrected chi connectivity index (χ3v) is 10.3. The number of primary amides is 1. The second kappa shape index (κ2) is 23.0. The van der Waals surface area contributed by atoms with Crippen molar-refractivity contribution in [3.63, 3.8) is 0 Å². The molecule has 0 saturated carbocycles. The Kier molecular flexibility index (Phi) is 17.3. The van der Waals surface area contributed by atoms with Crippen LogP contribution in [0.15, 0.2) is 85.5 Å². The molecule has 0 spiro atoms. The zero-order valence-electron chi connectivity index (χ0n) is 33.5. The standard InChI is InChI=1S/C42H55N11O6S/c43-34(10-6-16-47-42(44)59)41(58)53(25-29-7-5-15-45-21-29)28-40(57)52(19-14-31-23-49-36-12-4-2-9-33(31)36)27-38(55)50-24-39(56)51(26-37(54)46-17-20-60)18-13-30-22-48-35-11-3-1-8-32(30)35/h1-5,7-9,11-12,15,21-23,34,39,48-49,56,60H,6,10,13-14,16-20,24-28,43H2,(H,46,54)(H,50,55)(H3,44,47,59). The number of aromatic nitrogens is 3. The fraction of sp³-hybridized carbons (Fsp3) is 0.381. The summed E-state index contributed by atoms with van der Waals surface area (Å²) in [7, 11) is 0. The molecule has 60 heavy (non-hydrogen) atoms. The molecule has 6 amide bonds. The number of nitrogens with two attached hydrogens (primary N) is 2. The highest BCUT2D eigenvalue weighted by Gasteiger charge is 2.27. The molecule has 2 unspecified atom stereocenters. The van der Waals surface area contributed by atoms with Gasteiger partial charge in [-0.25, -0.2) is 4.79 Å². The molecular weight excluding hydrogens is 787 g/mol. The van der Waals surface area contributed by atoms with E-state index in [1.54, 1.807) is 29.4 Å². The van der Waals surface area contributed by atoms with E-state index < -0.39 is 36.0 Å². The number of para-hydroxylation sites is 2. The van der Waals surface area contributed by atoms with Crippen LogP contribution >= 0.6 is 12.6 Å². The molecule has 5 rings (SSSR count). The molecule has 2 atom stereocenters. The molecule has 0 aliphatic heterocycles. The topological polar surface area (TPSA) is 248 Å². The smallest absolute Gasteiger partial charge is 0.312 e. The summed E-state index contributed by atoms with van der Waals surface area (Å²) in [6, 6.07) is 17.5. The number of fused-ring (bicyclic) bond motifs is 2. The molecule has 0 aliphatic carbocycles. The van der Waals surface area contributed by atoms with Crippen molar-refractivity contribution < 1.29 is 29.1 Å². The summed E-state index contributed by atoms with van der Waals surface area (Å²) >= 11 is 4.17. The van der Waals surface area contributed by atoms with E-state index >= 15 is 0 Å². The molecule has 0 radical (unpaired) electrons. The Hall–Kier alpha value is -5.95. The monoisotopic (exact) mass is 841 g/mol. The number of nitrogens with zero attached hydrogens (tertiary/aromatic N) is 4. The lowest BCUT2D eigenvalue weighted by Crippen LogP contribution is -2.52. The first kappa shape index (κ1) is 45.1. The van der Waals surface area contributed by atoms with Gasteiger partial charge in [-0.15, -0.1) is 0 Å². The molecule has 18 heteroatoms. The van der Waals surface area contributed by atoms with Crippen LogP contribution in [0.25, 0.3) is 21.8 Å². The maximum absolute atomic E-state index is 14.2. The third kappa shape index (κ3) is 13.6.